The average molecular weight is 544 g/mol. The highest BCUT2D eigenvalue weighted by atomic mass is 16.2. The molecule has 5 N–H and O–H groups in total. The van der Waals surface area contributed by atoms with E-state index in [4.69, 9.17) is 0 Å². The van der Waals surface area contributed by atoms with E-state index in [0.29, 0.717) is 0 Å². The molecule has 1 aliphatic carbocycles. The molecule has 1 fully saturated rings. The van der Waals surface area contributed by atoms with Crippen molar-refractivity contribution in [2.45, 2.75) is 98.2 Å². The highest BCUT2D eigenvalue weighted by Gasteiger charge is 2.34. The Morgan fingerprint density at radius 2 is 1.61 bits per heavy atom. The van der Waals surface area contributed by atoms with Gasteiger partial charge < -0.3 is 26.3 Å². The number of nitrogens with one attached hydrogen (secondary N) is 5. The van der Waals surface area contributed by atoms with Crippen LogP contribution in [0.25, 0.3) is 0 Å². The molecule has 38 heavy (non-hydrogen) atoms. The summed E-state index contributed by atoms with van der Waals surface area (Å²) in [5.41, 5.74) is -0.899. The third-order valence-electron chi connectivity index (χ3n) is 5.82. The number of H-pyrrole nitrogens is 1. The first-order chi connectivity index (χ1) is 17.8. The average Bonchev–Trinajstić information content (AvgIpc) is 2.86. The molecule has 0 aromatic carbocycles. The van der Waals surface area contributed by atoms with Crippen LogP contribution in [0, 0.1) is 5.41 Å². The summed E-state index contributed by atoms with van der Waals surface area (Å²) in [6.45, 7) is 10.4. The molecule has 11 heteroatoms. The number of pyridine rings is 1. The van der Waals surface area contributed by atoms with E-state index in [1.807, 2.05) is 0 Å². The van der Waals surface area contributed by atoms with E-state index in [2.05, 4.69) is 40.1 Å². The summed E-state index contributed by atoms with van der Waals surface area (Å²) < 4.78 is 0. The molecule has 0 spiro atoms. The van der Waals surface area contributed by atoms with E-state index in [-0.39, 0.29) is 24.3 Å². The number of aromatic nitrogens is 1. The fourth-order valence-electron chi connectivity index (χ4n) is 3.72. The standard InChI is InChI=1S/C24H35N5O6.C3H8.5H2/c1-14(20(32)26-13-17(30)22(34)28-16-8-6-5-7-9-16)27-23(35)19(24(2,3)4)29-21(33)15-10-11-18(31)25-12-15;1-3-2;;;;;/h10-12,14,16,19H,5-9,13H2,1-4H3,(H,25,31)(H,26,32)(H,27,35)(H,28,34)(H,29,33);3H2,1-2H3;5*1H/t14-,19+;;;;;;/m0....../s1. The third-order valence-corrected chi connectivity index (χ3v) is 5.82. The molecule has 0 saturated heterocycles. The number of carbonyl (C=O) groups excluding carboxylic acids is 5. The largest absolute Gasteiger partial charge is 0.347 e. The van der Waals surface area contributed by atoms with Crippen molar-refractivity contribution < 1.29 is 31.1 Å². The molecule has 2 rings (SSSR count). The van der Waals surface area contributed by atoms with Crippen LogP contribution in [-0.2, 0) is 19.2 Å². The molecule has 0 aliphatic heterocycles. The Kier molecular flexibility index (Phi) is 13.4. The van der Waals surface area contributed by atoms with E-state index in [0.717, 1.165) is 32.1 Å². The zero-order valence-corrected chi connectivity index (χ0v) is 23.4. The molecule has 0 unspecified atom stereocenters. The maximum Gasteiger partial charge on any atom is 0.289 e. The summed E-state index contributed by atoms with van der Waals surface area (Å²) in [4.78, 5) is 75.6. The van der Waals surface area contributed by atoms with Gasteiger partial charge in [-0.15, -0.1) is 0 Å². The Bertz CT molecular complexity index is 1030. The van der Waals surface area contributed by atoms with E-state index in [9.17, 15) is 28.8 Å². The van der Waals surface area contributed by atoms with Crippen molar-refractivity contribution in [1.29, 1.82) is 0 Å². The molecule has 222 valence electrons. The molecule has 0 radical (unpaired) electrons. The molecule has 0 bridgehead atoms. The number of amides is 4. The number of ketones is 1. The van der Waals surface area contributed by atoms with Crippen molar-refractivity contribution in [3.05, 3.63) is 34.2 Å². The highest BCUT2D eigenvalue weighted by Crippen LogP contribution is 2.20. The quantitative estimate of drug-likeness (QED) is 0.300. The van der Waals surface area contributed by atoms with Gasteiger partial charge in [-0.1, -0.05) is 60.3 Å². The summed E-state index contributed by atoms with van der Waals surface area (Å²) in [6, 6.07) is 0.495. The second kappa shape index (κ2) is 15.7. The van der Waals surface area contributed by atoms with Gasteiger partial charge >= 0.3 is 0 Å². The molecular formula is C27H53N5O6. The van der Waals surface area contributed by atoms with E-state index < -0.39 is 53.5 Å². The van der Waals surface area contributed by atoms with Gasteiger partial charge in [0.15, 0.2) is 0 Å². The van der Waals surface area contributed by atoms with Gasteiger partial charge in [0.25, 0.3) is 11.8 Å². The number of aromatic amines is 1. The first kappa shape index (κ1) is 32.5. The summed E-state index contributed by atoms with van der Waals surface area (Å²) in [7, 11) is 0. The second-order valence-corrected chi connectivity index (χ2v) is 10.6. The van der Waals surface area contributed by atoms with Crippen LogP contribution in [0.2, 0.25) is 0 Å². The van der Waals surface area contributed by atoms with Crippen molar-refractivity contribution in [3.8, 4) is 0 Å². The maximum atomic E-state index is 12.9. The fraction of sp³-hybridized carbons (Fsp3) is 0.630. The predicted octanol–water partition coefficient (Wildman–Crippen LogP) is 2.80. The van der Waals surface area contributed by atoms with Crippen molar-refractivity contribution in [3.63, 3.8) is 0 Å². The summed E-state index contributed by atoms with van der Waals surface area (Å²) in [5, 5.41) is 10.2. The van der Waals surface area contributed by atoms with Crippen molar-refractivity contribution in [2.75, 3.05) is 6.54 Å². The van der Waals surface area contributed by atoms with Crippen LogP contribution in [0.1, 0.15) is 97.6 Å². The first-order valence-electron chi connectivity index (χ1n) is 13.2. The van der Waals surface area contributed by atoms with Gasteiger partial charge in [-0.2, -0.15) is 0 Å². The molecular weight excluding hydrogens is 490 g/mol. The monoisotopic (exact) mass is 543 g/mol. The number of hydrogen-bond acceptors (Lipinski definition) is 6. The molecule has 11 nitrogen and oxygen atoms in total. The normalized spacial score (nSPS) is 15.1. The van der Waals surface area contributed by atoms with Gasteiger partial charge in [0.1, 0.15) is 12.1 Å². The first-order valence-corrected chi connectivity index (χ1v) is 13.2. The van der Waals surface area contributed by atoms with Crippen LogP contribution in [0.15, 0.2) is 23.1 Å². The zero-order chi connectivity index (χ0) is 28.9. The van der Waals surface area contributed by atoms with E-state index in [1.165, 1.54) is 31.7 Å². The van der Waals surface area contributed by atoms with Gasteiger partial charge in [0.2, 0.25) is 23.2 Å². The van der Waals surface area contributed by atoms with Crippen LogP contribution in [0.4, 0.5) is 0 Å². The maximum absolute atomic E-state index is 12.9. The van der Waals surface area contributed by atoms with Crippen LogP contribution in [-0.4, -0.2) is 59.1 Å². The Morgan fingerprint density at radius 3 is 2.13 bits per heavy atom. The van der Waals surface area contributed by atoms with Crippen LogP contribution >= 0.6 is 0 Å². The smallest absolute Gasteiger partial charge is 0.289 e. The summed E-state index contributed by atoms with van der Waals surface area (Å²) in [5.74, 6) is -3.30. The number of rotatable bonds is 9. The minimum absolute atomic E-state index is 0. The van der Waals surface area contributed by atoms with E-state index >= 15 is 0 Å². The molecule has 4 amide bonds. The molecule has 1 aromatic heterocycles. The topological polar surface area (TPSA) is 166 Å². The van der Waals surface area contributed by atoms with Crippen molar-refractivity contribution >= 4 is 29.4 Å². The van der Waals surface area contributed by atoms with Crippen LogP contribution in [0.5, 0.6) is 0 Å². The van der Waals surface area contributed by atoms with E-state index in [1.54, 1.807) is 20.8 Å². The molecule has 1 saturated carbocycles. The van der Waals surface area contributed by atoms with Gasteiger partial charge in [-0.3, -0.25) is 28.8 Å². The number of Topliss-reactive ketones (excluding diaryl/α,β-unsaturated/α-hetero) is 1. The number of carbonyl (C=O) groups is 5. The molecule has 1 heterocycles. The zero-order valence-electron chi connectivity index (χ0n) is 23.4. The van der Waals surface area contributed by atoms with Crippen LogP contribution < -0.4 is 26.8 Å². The fourth-order valence-corrected chi connectivity index (χ4v) is 3.72. The lowest BCUT2D eigenvalue weighted by molar-refractivity contribution is -0.138. The molecule has 2 atom stereocenters. The lowest BCUT2D eigenvalue weighted by Gasteiger charge is -2.31. The highest BCUT2D eigenvalue weighted by molar-refractivity contribution is 6.37. The summed E-state index contributed by atoms with van der Waals surface area (Å²) >= 11 is 0. The van der Waals surface area contributed by atoms with Gasteiger partial charge in [0.05, 0.1) is 12.1 Å². The molecule has 1 aromatic rings. The van der Waals surface area contributed by atoms with Crippen molar-refractivity contribution in [2.24, 2.45) is 5.41 Å². The third kappa shape index (κ3) is 11.3. The minimum atomic E-state index is -1.02. The SMILES string of the molecule is CCC.C[C@H](NC(=O)[C@@H](NC(=O)c1ccc(=O)[nH]c1)C(C)(C)C)C(=O)NCC(=O)C(=O)NC1CCCCC1.[HH].[HH].[HH].[HH].[HH]. The Labute approximate surface area is 231 Å². The number of hydrogen-bond donors (Lipinski definition) is 5. The van der Waals surface area contributed by atoms with Gasteiger partial charge in [-0.25, -0.2) is 0 Å². The Morgan fingerprint density at radius 1 is 1.00 bits per heavy atom. The van der Waals surface area contributed by atoms with Gasteiger partial charge in [-0.05, 0) is 31.2 Å². The second-order valence-electron chi connectivity index (χ2n) is 10.6. The van der Waals surface area contributed by atoms with Gasteiger partial charge in [0, 0.05) is 25.4 Å². The predicted molar refractivity (Wildman–Crippen MR) is 155 cm³/mol. The minimum Gasteiger partial charge on any atom is -0.347 e. The summed E-state index contributed by atoms with van der Waals surface area (Å²) in [6.07, 6.45) is 7.30. The van der Waals surface area contributed by atoms with Crippen molar-refractivity contribution in [1.82, 2.24) is 26.3 Å². The van der Waals surface area contributed by atoms with Crippen LogP contribution in [0.3, 0.4) is 0 Å². The lowest BCUT2D eigenvalue weighted by atomic mass is 9.85. The Hall–Kier alpha value is -3.50. The molecule has 1 aliphatic rings. The lowest BCUT2D eigenvalue weighted by Crippen LogP contribution is -2.57. The Balaban J connectivity index is -0.000000576.